The Balaban J connectivity index is 1.50. The first-order valence-corrected chi connectivity index (χ1v) is 11.8. The van der Waals surface area contributed by atoms with Crippen LogP contribution in [0.2, 0.25) is 5.02 Å². The van der Waals surface area contributed by atoms with Crippen LogP contribution in [-0.2, 0) is 10.0 Å². The van der Waals surface area contributed by atoms with E-state index in [2.05, 4.69) is 34.3 Å². The van der Waals surface area contributed by atoms with Crippen LogP contribution in [0.25, 0.3) is 0 Å². The van der Waals surface area contributed by atoms with Gasteiger partial charge >= 0.3 is 0 Å². The summed E-state index contributed by atoms with van der Waals surface area (Å²) in [6.45, 7) is 0. The normalized spacial score (nSPS) is 22.1. The van der Waals surface area contributed by atoms with Crippen molar-refractivity contribution in [1.82, 2.24) is 0 Å². The standard InChI is InChI=1S/C24H21ClN2O2S/c25-17-11-9-16(10-12-17)24-21-8-4-7-20(21)22-15-19(13-14-23(22)26-24)30(28,29)27-18-5-2-1-3-6-18/h1-7,9-15,20-21,24,26-27H,8H2. The molecule has 3 atom stereocenters. The number of allylic oxidation sites excluding steroid dienone is 2. The van der Waals surface area contributed by atoms with E-state index >= 15 is 0 Å². The minimum absolute atomic E-state index is 0.152. The highest BCUT2D eigenvalue weighted by atomic mass is 35.5. The predicted octanol–water partition coefficient (Wildman–Crippen LogP) is 5.97. The van der Waals surface area contributed by atoms with Crippen molar-refractivity contribution < 1.29 is 8.42 Å². The van der Waals surface area contributed by atoms with Crippen LogP contribution in [0.5, 0.6) is 0 Å². The third kappa shape index (κ3) is 3.48. The molecule has 1 aliphatic heterocycles. The van der Waals surface area contributed by atoms with Crippen molar-refractivity contribution in [2.45, 2.75) is 23.3 Å². The summed E-state index contributed by atoms with van der Waals surface area (Å²) in [5.74, 6) is 0.507. The number of benzene rings is 3. The van der Waals surface area contributed by atoms with E-state index in [0.717, 1.165) is 22.7 Å². The smallest absolute Gasteiger partial charge is 0.261 e. The van der Waals surface area contributed by atoms with Crippen LogP contribution in [0.3, 0.4) is 0 Å². The van der Waals surface area contributed by atoms with Gasteiger partial charge in [-0.1, -0.05) is 54.1 Å². The van der Waals surface area contributed by atoms with Crippen LogP contribution in [0.1, 0.15) is 29.5 Å². The lowest BCUT2D eigenvalue weighted by atomic mass is 9.77. The van der Waals surface area contributed by atoms with E-state index in [-0.39, 0.29) is 16.9 Å². The maximum atomic E-state index is 12.9. The van der Waals surface area contributed by atoms with Gasteiger partial charge in [-0.2, -0.15) is 0 Å². The van der Waals surface area contributed by atoms with Gasteiger partial charge in [-0.3, -0.25) is 4.72 Å². The van der Waals surface area contributed by atoms with E-state index in [4.69, 9.17) is 11.6 Å². The zero-order valence-electron chi connectivity index (χ0n) is 16.1. The second-order valence-corrected chi connectivity index (χ2v) is 9.87. The molecule has 0 radical (unpaired) electrons. The molecule has 152 valence electrons. The van der Waals surface area contributed by atoms with Gasteiger partial charge in [0.05, 0.1) is 10.9 Å². The fourth-order valence-corrected chi connectivity index (χ4v) is 5.68. The molecule has 0 aromatic heterocycles. The number of anilines is 2. The first kappa shape index (κ1) is 19.2. The number of nitrogens with one attached hydrogen (secondary N) is 2. The Bertz CT molecular complexity index is 1210. The average Bonchev–Trinajstić information content (AvgIpc) is 3.24. The van der Waals surface area contributed by atoms with E-state index in [1.165, 1.54) is 5.56 Å². The van der Waals surface area contributed by atoms with Gasteiger partial charge in [0, 0.05) is 22.3 Å². The number of fused-ring (bicyclic) bond motifs is 3. The van der Waals surface area contributed by atoms with Crippen molar-refractivity contribution in [2.24, 2.45) is 5.92 Å². The first-order chi connectivity index (χ1) is 14.5. The monoisotopic (exact) mass is 436 g/mol. The van der Waals surface area contributed by atoms with Crippen molar-refractivity contribution in [3.63, 3.8) is 0 Å². The zero-order valence-corrected chi connectivity index (χ0v) is 17.7. The zero-order chi connectivity index (χ0) is 20.7. The lowest BCUT2D eigenvalue weighted by Gasteiger charge is -2.37. The molecule has 3 unspecified atom stereocenters. The number of hydrogen-bond acceptors (Lipinski definition) is 3. The Hall–Kier alpha value is -2.76. The van der Waals surface area contributed by atoms with Crippen molar-refractivity contribution in [1.29, 1.82) is 0 Å². The summed E-state index contributed by atoms with van der Waals surface area (Å²) in [6.07, 6.45) is 5.34. The minimum atomic E-state index is -3.66. The van der Waals surface area contributed by atoms with Gasteiger partial charge in [0.25, 0.3) is 10.0 Å². The van der Waals surface area contributed by atoms with Crippen molar-refractivity contribution >= 4 is 33.0 Å². The number of sulfonamides is 1. The summed E-state index contributed by atoms with van der Waals surface area (Å²) in [5, 5.41) is 4.35. The van der Waals surface area contributed by atoms with Crippen LogP contribution in [-0.4, -0.2) is 8.42 Å². The molecule has 4 nitrogen and oxygen atoms in total. The maximum absolute atomic E-state index is 12.9. The van der Waals surface area contributed by atoms with Crippen LogP contribution < -0.4 is 10.0 Å². The summed E-state index contributed by atoms with van der Waals surface area (Å²) in [7, 11) is -3.66. The van der Waals surface area contributed by atoms with Gasteiger partial charge in [-0.05, 0) is 65.9 Å². The number of halogens is 1. The molecule has 6 heteroatoms. The highest BCUT2D eigenvalue weighted by Crippen LogP contribution is 2.50. The Kier molecular flexibility index (Phi) is 4.80. The van der Waals surface area contributed by atoms with Gasteiger partial charge in [0.1, 0.15) is 0 Å². The Morgan fingerprint density at radius 1 is 0.967 bits per heavy atom. The Morgan fingerprint density at radius 2 is 1.73 bits per heavy atom. The second kappa shape index (κ2) is 7.49. The fourth-order valence-electron chi connectivity index (χ4n) is 4.46. The average molecular weight is 437 g/mol. The largest absolute Gasteiger partial charge is 0.378 e. The summed E-state index contributed by atoms with van der Waals surface area (Å²) in [6, 6.07) is 22.4. The predicted molar refractivity (Wildman–Crippen MR) is 121 cm³/mol. The summed E-state index contributed by atoms with van der Waals surface area (Å²) in [5.41, 5.74) is 3.73. The highest BCUT2D eigenvalue weighted by Gasteiger charge is 2.38. The molecule has 2 N–H and O–H groups in total. The van der Waals surface area contributed by atoms with Gasteiger partial charge in [-0.15, -0.1) is 0 Å². The molecule has 0 amide bonds. The molecule has 0 fully saturated rings. The molecule has 3 aromatic rings. The van der Waals surface area contributed by atoms with Gasteiger partial charge in [0.15, 0.2) is 0 Å². The molecule has 1 heterocycles. The SMILES string of the molecule is O=S(=O)(Nc1ccccc1)c1ccc2c(c1)C1C=CCC1C(c1ccc(Cl)cc1)N2. The van der Waals surface area contributed by atoms with Crippen LogP contribution in [0.4, 0.5) is 11.4 Å². The summed E-state index contributed by atoms with van der Waals surface area (Å²) < 4.78 is 28.5. The van der Waals surface area contributed by atoms with E-state index in [1.54, 1.807) is 36.4 Å². The Morgan fingerprint density at radius 3 is 2.50 bits per heavy atom. The second-order valence-electron chi connectivity index (χ2n) is 7.75. The molecular weight excluding hydrogens is 416 g/mol. The molecule has 0 spiro atoms. The van der Waals surface area contributed by atoms with Crippen LogP contribution in [0, 0.1) is 5.92 Å². The molecular formula is C24H21ClN2O2S. The first-order valence-electron chi connectivity index (χ1n) is 9.92. The maximum Gasteiger partial charge on any atom is 0.261 e. The molecule has 0 bridgehead atoms. The van der Waals surface area contributed by atoms with Crippen molar-refractivity contribution in [3.8, 4) is 0 Å². The third-order valence-electron chi connectivity index (χ3n) is 5.90. The number of rotatable bonds is 4. The minimum Gasteiger partial charge on any atom is -0.378 e. The molecule has 3 aromatic carbocycles. The highest BCUT2D eigenvalue weighted by molar-refractivity contribution is 7.92. The third-order valence-corrected chi connectivity index (χ3v) is 7.53. The topological polar surface area (TPSA) is 58.2 Å². The van der Waals surface area contributed by atoms with Crippen molar-refractivity contribution in [2.75, 3.05) is 10.0 Å². The lowest BCUT2D eigenvalue weighted by Crippen LogP contribution is -2.29. The van der Waals surface area contributed by atoms with Gasteiger partial charge in [-0.25, -0.2) is 8.42 Å². The van der Waals surface area contributed by atoms with Gasteiger partial charge < -0.3 is 5.32 Å². The quantitative estimate of drug-likeness (QED) is 0.495. The van der Waals surface area contributed by atoms with Crippen LogP contribution >= 0.6 is 11.6 Å². The molecule has 1 aliphatic carbocycles. The van der Waals surface area contributed by atoms with E-state index in [9.17, 15) is 8.42 Å². The summed E-state index contributed by atoms with van der Waals surface area (Å²) in [4.78, 5) is 0.274. The van der Waals surface area contributed by atoms with E-state index in [1.807, 2.05) is 24.3 Å². The van der Waals surface area contributed by atoms with Gasteiger partial charge in [0.2, 0.25) is 0 Å². The number of para-hydroxylation sites is 1. The van der Waals surface area contributed by atoms with Crippen molar-refractivity contribution in [3.05, 3.63) is 101 Å². The van der Waals surface area contributed by atoms with E-state index < -0.39 is 10.0 Å². The Labute approximate surface area is 181 Å². The molecule has 0 saturated heterocycles. The van der Waals surface area contributed by atoms with E-state index in [0.29, 0.717) is 11.6 Å². The van der Waals surface area contributed by atoms with Crippen LogP contribution in [0.15, 0.2) is 89.8 Å². The summed E-state index contributed by atoms with van der Waals surface area (Å²) >= 11 is 6.07. The number of hydrogen-bond donors (Lipinski definition) is 2. The molecule has 2 aliphatic rings. The molecule has 5 rings (SSSR count). The molecule has 0 saturated carbocycles. The molecule has 30 heavy (non-hydrogen) atoms. The fraction of sp³-hybridized carbons (Fsp3) is 0.167. The lowest BCUT2D eigenvalue weighted by molar-refractivity contribution is 0.425.